The van der Waals surface area contributed by atoms with Crippen LogP contribution in [0, 0.1) is 0 Å². The molecule has 1 N–H and O–H groups in total. The van der Waals surface area contributed by atoms with Crippen molar-refractivity contribution >= 4 is 17.7 Å². The van der Waals surface area contributed by atoms with Gasteiger partial charge in [-0.25, -0.2) is 0 Å². The molecule has 0 aliphatic carbocycles. The number of benzene rings is 1. The second-order valence-electron chi connectivity index (χ2n) is 4.36. The number of aromatic nitrogens is 3. The normalized spacial score (nSPS) is 10.4. The lowest BCUT2D eigenvalue weighted by Gasteiger charge is -2.08. The number of hydrogen-bond donors (Lipinski definition) is 1. The molecule has 0 unspecified atom stereocenters. The first-order valence-electron chi connectivity index (χ1n) is 7.11. The Morgan fingerprint density at radius 2 is 1.90 bits per heavy atom. The molecular weight excluding hydrogens is 284 g/mol. The van der Waals surface area contributed by atoms with Gasteiger partial charge in [0.05, 0.1) is 6.61 Å². The maximum Gasteiger partial charge on any atom is 0.322 e. The van der Waals surface area contributed by atoms with Crippen molar-refractivity contribution in [1.82, 2.24) is 15.0 Å². The number of rotatable bonds is 8. The van der Waals surface area contributed by atoms with Crippen molar-refractivity contribution < 1.29 is 4.74 Å². The summed E-state index contributed by atoms with van der Waals surface area (Å²) in [6, 6.07) is 10.6. The van der Waals surface area contributed by atoms with Crippen LogP contribution < -0.4 is 10.1 Å². The fourth-order valence-corrected chi connectivity index (χ4v) is 2.42. The van der Waals surface area contributed by atoms with Crippen LogP contribution in [0.15, 0.2) is 35.5 Å². The molecule has 0 fully saturated rings. The standard InChI is InChI=1S/C15H20N4OS/c1-3-10-16-13-17-14(20-4-2)19-15(18-13)21-11-12-8-6-5-7-9-12/h5-9H,3-4,10-11H2,1-2H3,(H,16,17,18,19). The third-order valence-electron chi connectivity index (χ3n) is 2.61. The predicted molar refractivity (Wildman–Crippen MR) is 85.8 cm³/mol. The molecule has 0 aliphatic rings. The zero-order valence-electron chi connectivity index (χ0n) is 12.4. The Bertz CT molecular complexity index is 551. The third kappa shape index (κ3) is 5.23. The van der Waals surface area contributed by atoms with E-state index in [2.05, 4.69) is 39.3 Å². The van der Waals surface area contributed by atoms with E-state index in [1.807, 2.05) is 25.1 Å². The van der Waals surface area contributed by atoms with Crippen LogP contribution in [0.5, 0.6) is 6.01 Å². The van der Waals surface area contributed by atoms with Crippen molar-refractivity contribution in [2.75, 3.05) is 18.5 Å². The van der Waals surface area contributed by atoms with Crippen LogP contribution in [0.2, 0.25) is 0 Å². The van der Waals surface area contributed by atoms with E-state index < -0.39 is 0 Å². The largest absolute Gasteiger partial charge is 0.464 e. The van der Waals surface area contributed by atoms with Crippen LogP contribution >= 0.6 is 11.8 Å². The van der Waals surface area contributed by atoms with Crippen molar-refractivity contribution in [2.45, 2.75) is 31.2 Å². The highest BCUT2D eigenvalue weighted by Gasteiger charge is 2.08. The molecule has 2 aromatic rings. The zero-order chi connectivity index (χ0) is 14.9. The van der Waals surface area contributed by atoms with E-state index in [1.165, 1.54) is 5.56 Å². The van der Waals surface area contributed by atoms with Gasteiger partial charge < -0.3 is 10.1 Å². The smallest absolute Gasteiger partial charge is 0.322 e. The Morgan fingerprint density at radius 1 is 1.10 bits per heavy atom. The number of nitrogens with one attached hydrogen (secondary N) is 1. The second kappa shape index (κ2) is 8.46. The summed E-state index contributed by atoms with van der Waals surface area (Å²) in [6.45, 7) is 5.39. The van der Waals surface area contributed by atoms with Crippen LogP contribution in [0.25, 0.3) is 0 Å². The van der Waals surface area contributed by atoms with Gasteiger partial charge in [0, 0.05) is 12.3 Å². The number of thioether (sulfide) groups is 1. The molecule has 0 saturated carbocycles. The third-order valence-corrected chi connectivity index (χ3v) is 3.53. The molecule has 0 atom stereocenters. The van der Waals surface area contributed by atoms with Gasteiger partial charge >= 0.3 is 6.01 Å². The SMILES string of the molecule is CCCNc1nc(OCC)nc(SCc2ccccc2)n1. The molecule has 2 rings (SSSR count). The molecule has 0 bridgehead atoms. The Morgan fingerprint density at radius 3 is 2.62 bits per heavy atom. The lowest BCUT2D eigenvalue weighted by molar-refractivity contribution is 0.308. The molecule has 0 spiro atoms. The second-order valence-corrected chi connectivity index (χ2v) is 5.30. The van der Waals surface area contributed by atoms with Gasteiger partial charge in [0.15, 0.2) is 5.16 Å². The highest BCUT2D eigenvalue weighted by atomic mass is 32.2. The summed E-state index contributed by atoms with van der Waals surface area (Å²) in [4.78, 5) is 13.0. The Labute approximate surface area is 129 Å². The van der Waals surface area contributed by atoms with Gasteiger partial charge in [0.2, 0.25) is 5.95 Å². The van der Waals surface area contributed by atoms with Crippen LogP contribution in [0.1, 0.15) is 25.8 Å². The topological polar surface area (TPSA) is 59.9 Å². The fourth-order valence-electron chi connectivity index (χ4n) is 1.63. The summed E-state index contributed by atoms with van der Waals surface area (Å²) in [7, 11) is 0. The number of ether oxygens (including phenoxy) is 1. The average molecular weight is 304 g/mol. The zero-order valence-corrected chi connectivity index (χ0v) is 13.2. The van der Waals surface area contributed by atoms with E-state index in [-0.39, 0.29) is 0 Å². The molecular formula is C15H20N4OS. The lowest BCUT2D eigenvalue weighted by Crippen LogP contribution is -2.08. The Hall–Kier alpha value is -1.82. The van der Waals surface area contributed by atoms with E-state index >= 15 is 0 Å². The van der Waals surface area contributed by atoms with Gasteiger partial charge in [-0.1, -0.05) is 49.0 Å². The number of hydrogen-bond acceptors (Lipinski definition) is 6. The molecule has 0 saturated heterocycles. The molecule has 0 radical (unpaired) electrons. The summed E-state index contributed by atoms with van der Waals surface area (Å²) >= 11 is 1.58. The van der Waals surface area contributed by atoms with Crippen LogP contribution in [0.3, 0.4) is 0 Å². The Balaban J connectivity index is 2.07. The van der Waals surface area contributed by atoms with Crippen molar-refractivity contribution in [1.29, 1.82) is 0 Å². The molecule has 0 amide bonds. The molecule has 1 aromatic heterocycles. The van der Waals surface area contributed by atoms with Gasteiger partial charge in [-0.3, -0.25) is 0 Å². The maximum absolute atomic E-state index is 5.40. The summed E-state index contributed by atoms with van der Waals surface area (Å²) in [5.41, 5.74) is 1.24. The molecule has 112 valence electrons. The molecule has 21 heavy (non-hydrogen) atoms. The van der Waals surface area contributed by atoms with Crippen molar-refractivity contribution in [3.05, 3.63) is 35.9 Å². The first-order chi connectivity index (χ1) is 10.3. The van der Waals surface area contributed by atoms with E-state index in [0.717, 1.165) is 18.7 Å². The van der Waals surface area contributed by atoms with E-state index in [0.29, 0.717) is 23.7 Å². The summed E-state index contributed by atoms with van der Waals surface area (Å²) in [5, 5.41) is 3.85. The van der Waals surface area contributed by atoms with Gasteiger partial charge in [0.25, 0.3) is 0 Å². The summed E-state index contributed by atoms with van der Waals surface area (Å²) < 4.78 is 5.40. The minimum Gasteiger partial charge on any atom is -0.464 e. The van der Waals surface area contributed by atoms with Crippen molar-refractivity contribution in [2.24, 2.45) is 0 Å². The average Bonchev–Trinajstić information content (AvgIpc) is 2.52. The van der Waals surface area contributed by atoms with Crippen LogP contribution in [-0.4, -0.2) is 28.1 Å². The summed E-state index contributed by atoms with van der Waals surface area (Å²) in [6.07, 6.45) is 1.02. The monoisotopic (exact) mass is 304 g/mol. The maximum atomic E-state index is 5.40. The fraction of sp³-hybridized carbons (Fsp3) is 0.400. The highest BCUT2D eigenvalue weighted by molar-refractivity contribution is 7.98. The van der Waals surface area contributed by atoms with Crippen molar-refractivity contribution in [3.63, 3.8) is 0 Å². The number of anilines is 1. The summed E-state index contributed by atoms with van der Waals surface area (Å²) in [5.74, 6) is 1.40. The minimum absolute atomic E-state index is 0.377. The molecule has 1 heterocycles. The Kier molecular flexibility index (Phi) is 6.27. The molecule has 0 aliphatic heterocycles. The van der Waals surface area contributed by atoms with E-state index in [1.54, 1.807) is 11.8 Å². The first-order valence-corrected chi connectivity index (χ1v) is 8.09. The minimum atomic E-state index is 0.377. The van der Waals surface area contributed by atoms with Gasteiger partial charge in [-0.05, 0) is 18.9 Å². The van der Waals surface area contributed by atoms with Crippen LogP contribution in [-0.2, 0) is 5.75 Å². The van der Waals surface area contributed by atoms with E-state index in [4.69, 9.17) is 4.74 Å². The quantitative estimate of drug-likeness (QED) is 0.754. The number of nitrogens with zero attached hydrogens (tertiary/aromatic N) is 3. The van der Waals surface area contributed by atoms with E-state index in [9.17, 15) is 0 Å². The first kappa shape index (κ1) is 15.6. The predicted octanol–water partition coefficient (Wildman–Crippen LogP) is 3.38. The van der Waals surface area contributed by atoms with Crippen molar-refractivity contribution in [3.8, 4) is 6.01 Å². The highest BCUT2D eigenvalue weighted by Crippen LogP contribution is 2.21. The molecule has 6 heteroatoms. The van der Waals surface area contributed by atoms with Gasteiger partial charge in [-0.2, -0.15) is 15.0 Å². The van der Waals surface area contributed by atoms with Gasteiger partial charge in [-0.15, -0.1) is 0 Å². The molecule has 5 nitrogen and oxygen atoms in total. The van der Waals surface area contributed by atoms with Crippen LogP contribution in [0.4, 0.5) is 5.95 Å². The van der Waals surface area contributed by atoms with Gasteiger partial charge in [0.1, 0.15) is 0 Å². The lowest BCUT2D eigenvalue weighted by atomic mass is 10.2. The molecule has 1 aromatic carbocycles.